The Morgan fingerprint density at radius 3 is 0.802 bits per heavy atom. The molecule has 4 heterocycles. The summed E-state index contributed by atoms with van der Waals surface area (Å²) in [6, 6.07) is 94.0. The lowest BCUT2D eigenvalue weighted by atomic mass is 10.1. The Morgan fingerprint density at radius 1 is 0.244 bits per heavy atom. The van der Waals surface area contributed by atoms with Crippen LogP contribution in [0.5, 0.6) is 17.2 Å². The summed E-state index contributed by atoms with van der Waals surface area (Å²) in [6.45, 7) is 16.5. The maximum atomic E-state index is 12.0. The van der Waals surface area contributed by atoms with Crippen molar-refractivity contribution in [1.82, 2.24) is 59.8 Å². The molecular weight excluding hydrogens is 1650 g/mol. The molecule has 16 rings (SSSR count). The number of aromatic nitrogens is 12. The average molecular weight is 1750 g/mol. The Balaban J connectivity index is 0.000000150. The quantitative estimate of drug-likeness (QED) is 0.0174. The van der Waals surface area contributed by atoms with E-state index < -0.39 is 0 Å². The van der Waals surface area contributed by atoms with Crippen LogP contribution >= 0.6 is 0 Å². The number of hydrogen-bond donors (Lipinski definition) is 12. The second kappa shape index (κ2) is 46.0. The lowest BCUT2D eigenvalue weighted by molar-refractivity contribution is 0.0517. The number of carbonyl (C=O) groups excluding carboxylic acids is 2. The van der Waals surface area contributed by atoms with Crippen LogP contribution in [0.3, 0.4) is 0 Å². The number of ether oxygens (including phenoxy) is 5. The number of hydrogen-bond acceptors (Lipinski definition) is 31. The van der Waals surface area contributed by atoms with E-state index in [9.17, 15) is 9.59 Å². The van der Waals surface area contributed by atoms with E-state index in [1.54, 1.807) is 83.7 Å². The molecule has 0 saturated carbocycles. The molecular formula is C100H100N24O7. The van der Waals surface area contributed by atoms with Crippen LogP contribution in [0.15, 0.2) is 297 Å². The Hall–Kier alpha value is -17.4. The van der Waals surface area contributed by atoms with E-state index in [2.05, 4.69) is 150 Å². The molecule has 12 N–H and O–H groups in total. The maximum absolute atomic E-state index is 12.0. The van der Waals surface area contributed by atoms with E-state index >= 15 is 0 Å². The number of nitrogens with zero attached hydrogens (tertiary/aromatic N) is 12. The van der Waals surface area contributed by atoms with Gasteiger partial charge in [0, 0.05) is 68.2 Å². The van der Waals surface area contributed by atoms with Crippen molar-refractivity contribution in [2.75, 3.05) is 98.3 Å². The van der Waals surface area contributed by atoms with E-state index in [0.29, 0.717) is 95.2 Å². The van der Waals surface area contributed by atoms with Crippen molar-refractivity contribution in [3.8, 4) is 17.2 Å². The van der Waals surface area contributed by atoms with E-state index in [1.165, 1.54) is 16.7 Å². The van der Waals surface area contributed by atoms with Crippen LogP contribution in [0.4, 0.5) is 140 Å². The van der Waals surface area contributed by atoms with E-state index in [0.717, 1.165) is 97.2 Å². The first-order valence-corrected chi connectivity index (χ1v) is 42.0. The zero-order valence-electron chi connectivity index (χ0n) is 74.1. The van der Waals surface area contributed by atoms with Crippen molar-refractivity contribution in [3.63, 3.8) is 0 Å². The summed E-state index contributed by atoms with van der Waals surface area (Å²) in [5.74, 6) is 6.35. The number of carbonyl (C=O) groups is 2. The minimum atomic E-state index is -0.384. The molecule has 0 amide bonds. The normalized spacial score (nSPS) is 10.4. The molecule has 0 spiro atoms. The summed E-state index contributed by atoms with van der Waals surface area (Å²) in [4.78, 5) is 78.4. The fourth-order valence-electron chi connectivity index (χ4n) is 12.4. The number of esters is 2. The van der Waals surface area contributed by atoms with Crippen molar-refractivity contribution in [3.05, 3.63) is 342 Å². The highest BCUT2D eigenvalue weighted by molar-refractivity contribution is 5.91. The molecule has 0 radical (unpaired) electrons. The molecule has 31 heteroatoms. The van der Waals surface area contributed by atoms with Crippen LogP contribution in [-0.2, 0) is 15.9 Å². The summed E-state index contributed by atoms with van der Waals surface area (Å²) in [5, 5.41) is 38.8. The van der Waals surface area contributed by atoms with Crippen LogP contribution in [0.25, 0.3) is 0 Å². The van der Waals surface area contributed by atoms with Crippen molar-refractivity contribution >= 4 is 152 Å². The second-order valence-electron chi connectivity index (χ2n) is 29.1. The predicted molar refractivity (Wildman–Crippen MR) is 521 cm³/mol. The van der Waals surface area contributed by atoms with Crippen LogP contribution in [0.2, 0.25) is 0 Å². The minimum absolute atomic E-state index is 0.288. The Kier molecular flexibility index (Phi) is 32.1. The van der Waals surface area contributed by atoms with Gasteiger partial charge in [-0.05, 0) is 271 Å². The van der Waals surface area contributed by atoms with E-state index in [4.69, 9.17) is 23.7 Å². The van der Waals surface area contributed by atoms with E-state index in [-0.39, 0.29) is 23.8 Å². The Labute approximate surface area is 759 Å². The predicted octanol–water partition coefficient (Wildman–Crippen LogP) is 22.9. The van der Waals surface area contributed by atoms with Crippen LogP contribution in [-0.4, -0.2) is 106 Å². The SMILES string of the molecule is CCOC(=O)c1ccc(Nc2nc(Nc3ccc(C(=O)OCC)cc3)nc(Nc3ccccc3CC)n2)cc1.COc1ccc(Nc2nc(Nc3ccc(C)cc3)nc(Nc3ccc(C)cc3)n2)cc1.COc1ccc(Nc2nc(Nc3ccc(OC)cc3)nc(Nc3cccc(C)c3)n2)cc1.Cc1cccc(Nc2nc(Nc3ccccc3)nc(Nc3ccccc3)n2)c1C. The maximum Gasteiger partial charge on any atom is 0.338 e. The molecule has 0 aliphatic rings. The number of benzene rings is 12. The first-order valence-electron chi connectivity index (χ1n) is 42.0. The molecule has 0 fully saturated rings. The lowest BCUT2D eigenvalue weighted by Gasteiger charge is -2.13. The fraction of sp³-hybridized carbons (Fsp3) is 0.140. The largest absolute Gasteiger partial charge is 0.497 e. The lowest BCUT2D eigenvalue weighted by Crippen LogP contribution is -2.09. The molecule has 131 heavy (non-hydrogen) atoms. The molecule has 0 aliphatic heterocycles. The highest BCUT2D eigenvalue weighted by Gasteiger charge is 2.18. The molecule has 0 aliphatic carbocycles. The highest BCUT2D eigenvalue weighted by atomic mass is 16.5. The molecule has 12 aromatic carbocycles. The van der Waals surface area contributed by atoms with Gasteiger partial charge in [-0.3, -0.25) is 0 Å². The minimum Gasteiger partial charge on any atom is -0.497 e. The molecule has 4 aromatic heterocycles. The molecule has 0 saturated heterocycles. The number of aryl methyl sites for hydroxylation is 5. The zero-order valence-corrected chi connectivity index (χ0v) is 74.1. The van der Waals surface area contributed by atoms with Crippen LogP contribution < -0.4 is 78.0 Å². The Morgan fingerprint density at radius 2 is 0.496 bits per heavy atom. The van der Waals surface area contributed by atoms with Gasteiger partial charge in [0.1, 0.15) is 17.2 Å². The third-order valence-corrected chi connectivity index (χ3v) is 19.3. The smallest absolute Gasteiger partial charge is 0.338 e. The average Bonchev–Trinajstić information content (AvgIpc) is 0.834. The van der Waals surface area contributed by atoms with Gasteiger partial charge >= 0.3 is 11.9 Å². The van der Waals surface area contributed by atoms with Gasteiger partial charge in [-0.2, -0.15) is 59.8 Å². The van der Waals surface area contributed by atoms with Gasteiger partial charge in [-0.15, -0.1) is 0 Å². The zero-order chi connectivity index (χ0) is 91.6. The van der Waals surface area contributed by atoms with Gasteiger partial charge in [0.15, 0.2) is 0 Å². The number of para-hydroxylation sites is 3. The van der Waals surface area contributed by atoms with Gasteiger partial charge in [0.05, 0.1) is 45.7 Å². The number of anilines is 24. The van der Waals surface area contributed by atoms with Gasteiger partial charge in [0.2, 0.25) is 71.4 Å². The van der Waals surface area contributed by atoms with Crippen LogP contribution in [0.1, 0.15) is 74.9 Å². The van der Waals surface area contributed by atoms with Crippen molar-refractivity contribution in [2.45, 2.75) is 61.8 Å². The summed E-state index contributed by atoms with van der Waals surface area (Å²) in [7, 11) is 4.91. The third-order valence-electron chi connectivity index (χ3n) is 19.3. The van der Waals surface area contributed by atoms with Crippen LogP contribution in [0, 0.1) is 34.6 Å². The van der Waals surface area contributed by atoms with Gasteiger partial charge in [-0.25, -0.2) is 9.59 Å². The number of methoxy groups -OCH3 is 3. The molecule has 16 aromatic rings. The molecule has 0 unspecified atom stereocenters. The van der Waals surface area contributed by atoms with E-state index in [1.807, 2.05) is 263 Å². The summed E-state index contributed by atoms with van der Waals surface area (Å²) < 4.78 is 25.8. The van der Waals surface area contributed by atoms with Crippen molar-refractivity contribution in [2.24, 2.45) is 0 Å². The standard InChI is InChI=1S/C29H30N6O4.C24H24N6O2.C24H24N6O.C23H22N6/c1-4-19-9-7-8-10-24(19)32-29-34-27(30-22-15-11-20(12-16-22)25(36)38-5-2)33-28(35-29)31-23-17-13-21(14-18-23)26(37)39-6-3;1-16-5-4-6-19(15-16)27-24-29-22(25-17-7-11-20(31-2)12-8-17)28-23(30-24)26-18-9-13-21(32-3)14-10-18;1-16-4-8-18(9-5-16)25-22-28-23(26-19-10-6-17(2)7-11-19)30-24(29-22)27-20-12-14-21(31-3)15-13-20;1-16-10-9-15-20(17(16)2)26-23-28-21(24-18-11-5-3-6-12-18)27-22(29-23)25-19-13-7-4-8-14-19/h7-18H,4-6H2,1-3H3,(H3,30,31,32,33,34,35);4-15H,1-3H3,(H3,25,26,27,28,29,30);4-15H,1-3H3,(H3,25,26,27,28,29,30);3-15H,1-2H3,(H3,24,25,26,27,28,29). The highest BCUT2D eigenvalue weighted by Crippen LogP contribution is 2.31. The summed E-state index contributed by atoms with van der Waals surface area (Å²) in [5.41, 5.74) is 18.1. The second-order valence-corrected chi connectivity index (χ2v) is 29.1. The molecule has 0 bridgehead atoms. The summed E-state index contributed by atoms with van der Waals surface area (Å²) in [6.07, 6.45) is 0.837. The first-order chi connectivity index (χ1) is 63.8. The third kappa shape index (κ3) is 28.1. The number of nitrogens with one attached hydrogen (secondary N) is 12. The Bertz CT molecular complexity index is 6130. The first kappa shape index (κ1) is 91.3. The number of rotatable bonds is 32. The monoisotopic (exact) mass is 1750 g/mol. The fourth-order valence-corrected chi connectivity index (χ4v) is 12.4. The molecule has 0 atom stereocenters. The van der Waals surface area contributed by atoms with Crippen molar-refractivity contribution in [1.29, 1.82) is 0 Å². The van der Waals surface area contributed by atoms with Gasteiger partial charge < -0.3 is 87.5 Å². The van der Waals surface area contributed by atoms with Crippen molar-refractivity contribution < 1.29 is 33.3 Å². The van der Waals surface area contributed by atoms with Gasteiger partial charge in [0.25, 0.3) is 0 Å². The molecule has 31 nitrogen and oxygen atoms in total. The van der Waals surface area contributed by atoms with Gasteiger partial charge in [-0.1, -0.05) is 121 Å². The summed E-state index contributed by atoms with van der Waals surface area (Å²) >= 11 is 0. The topological polar surface area (TPSA) is 379 Å². The molecule has 662 valence electrons.